The van der Waals surface area contributed by atoms with E-state index in [0.29, 0.717) is 10.2 Å². The van der Waals surface area contributed by atoms with Crippen molar-refractivity contribution in [2.45, 2.75) is 17.3 Å². The number of thioether (sulfide) groups is 1. The molecule has 0 aliphatic heterocycles. The first kappa shape index (κ1) is 18.3. The molecular formula is C20H16N4O2S2. The van der Waals surface area contributed by atoms with Crippen LogP contribution < -0.4 is 4.74 Å². The predicted molar refractivity (Wildman–Crippen MR) is 113 cm³/mol. The number of hydrogen-bond acceptors (Lipinski definition) is 7. The number of para-hydroxylation sites is 1. The van der Waals surface area contributed by atoms with Gasteiger partial charge in [-0.15, -0.1) is 11.3 Å². The van der Waals surface area contributed by atoms with Crippen LogP contribution in [0.5, 0.6) is 5.75 Å². The van der Waals surface area contributed by atoms with Gasteiger partial charge in [-0.05, 0) is 31.2 Å². The van der Waals surface area contributed by atoms with Gasteiger partial charge in [0, 0.05) is 6.07 Å². The lowest BCUT2D eigenvalue weighted by Gasteiger charge is -2.09. The minimum Gasteiger partial charge on any atom is -0.510 e. The Kier molecular flexibility index (Phi) is 4.94. The van der Waals surface area contributed by atoms with Gasteiger partial charge in [0.05, 0.1) is 33.6 Å². The van der Waals surface area contributed by atoms with Crippen molar-refractivity contribution in [1.82, 2.24) is 15.0 Å². The number of nitrogens with one attached hydrogen (secondary N) is 1. The summed E-state index contributed by atoms with van der Waals surface area (Å²) in [7, 11) is 1.61. The zero-order chi connectivity index (χ0) is 19.7. The molecule has 4 rings (SSSR count). The molecule has 0 saturated heterocycles. The molecule has 1 atom stereocenters. The smallest absolute Gasteiger partial charge is 0.167 e. The maximum Gasteiger partial charge on any atom is 0.167 e. The second-order valence-electron chi connectivity index (χ2n) is 6.04. The zero-order valence-electron chi connectivity index (χ0n) is 15.1. The lowest BCUT2D eigenvalue weighted by molar-refractivity contribution is 0.402. The van der Waals surface area contributed by atoms with Gasteiger partial charge in [-0.2, -0.15) is 5.26 Å². The van der Waals surface area contributed by atoms with Gasteiger partial charge in [0.15, 0.2) is 5.16 Å². The van der Waals surface area contributed by atoms with E-state index < -0.39 is 0 Å². The number of H-pyrrole nitrogens is 1. The van der Waals surface area contributed by atoms with Crippen molar-refractivity contribution >= 4 is 49.9 Å². The van der Waals surface area contributed by atoms with E-state index in [2.05, 4.69) is 21.0 Å². The summed E-state index contributed by atoms with van der Waals surface area (Å²) in [5.74, 6) is 0.732. The van der Waals surface area contributed by atoms with Gasteiger partial charge in [0.2, 0.25) is 0 Å². The number of ether oxygens (including phenoxy) is 1. The molecule has 2 N–H and O–H groups in total. The number of allylic oxidation sites excluding steroid dienone is 1. The third-order valence-corrected chi connectivity index (χ3v) is 6.26. The number of aliphatic hydroxyl groups is 1. The number of aromatic amines is 1. The summed E-state index contributed by atoms with van der Waals surface area (Å²) in [6.07, 6.45) is 0. The second-order valence-corrected chi connectivity index (χ2v) is 8.40. The molecule has 140 valence electrons. The van der Waals surface area contributed by atoms with Crippen LogP contribution in [-0.4, -0.2) is 32.4 Å². The van der Waals surface area contributed by atoms with E-state index in [9.17, 15) is 10.4 Å². The molecule has 0 radical (unpaired) electrons. The number of aliphatic hydroxyl groups excluding tert-OH is 1. The lowest BCUT2D eigenvalue weighted by Crippen LogP contribution is -2.04. The van der Waals surface area contributed by atoms with E-state index in [-0.39, 0.29) is 16.6 Å². The Balaban J connectivity index is 1.63. The number of methoxy groups -OCH3 is 1. The molecule has 2 aromatic heterocycles. The molecule has 8 heteroatoms. The van der Waals surface area contributed by atoms with Crippen molar-refractivity contribution in [2.24, 2.45) is 0 Å². The number of imidazole rings is 1. The van der Waals surface area contributed by atoms with E-state index in [1.165, 1.54) is 23.1 Å². The fourth-order valence-electron chi connectivity index (χ4n) is 2.77. The van der Waals surface area contributed by atoms with Gasteiger partial charge in [0.25, 0.3) is 0 Å². The topological polar surface area (TPSA) is 94.8 Å². The summed E-state index contributed by atoms with van der Waals surface area (Å²) in [4.78, 5) is 12.2. The quantitative estimate of drug-likeness (QED) is 0.269. The van der Waals surface area contributed by atoms with E-state index in [1.807, 2.05) is 49.4 Å². The Morgan fingerprint density at radius 1 is 1.25 bits per heavy atom. The highest BCUT2D eigenvalue weighted by atomic mass is 32.2. The zero-order valence-corrected chi connectivity index (χ0v) is 16.8. The van der Waals surface area contributed by atoms with Crippen LogP contribution in [0, 0.1) is 11.3 Å². The maximum atomic E-state index is 10.7. The molecule has 0 aliphatic carbocycles. The van der Waals surface area contributed by atoms with Crippen molar-refractivity contribution < 1.29 is 9.84 Å². The normalized spacial score (nSPS) is 13.3. The number of hydrogen-bond donors (Lipinski definition) is 2. The standard InChI is InChI=1S/C20H16N4O2S2/c1-11(27-20-23-14-8-7-12(26-2)9-16(14)24-20)18(25)13(10-21)19-22-15-5-3-4-6-17(15)28-19/h3-9,11,25H,1-2H3,(H,23,24)/b18-13-. The first-order valence-corrected chi connectivity index (χ1v) is 10.2. The molecule has 4 aromatic rings. The van der Waals surface area contributed by atoms with Crippen molar-refractivity contribution in [3.05, 3.63) is 53.2 Å². The highest BCUT2D eigenvalue weighted by Gasteiger charge is 2.20. The Labute approximate surface area is 169 Å². The Bertz CT molecular complexity index is 1200. The number of nitrogens with zero attached hydrogens (tertiary/aromatic N) is 3. The fourth-order valence-corrected chi connectivity index (χ4v) is 4.62. The van der Waals surface area contributed by atoms with Gasteiger partial charge in [0.1, 0.15) is 28.2 Å². The summed E-state index contributed by atoms with van der Waals surface area (Å²) in [6.45, 7) is 1.83. The van der Waals surface area contributed by atoms with E-state index in [4.69, 9.17) is 4.74 Å². The van der Waals surface area contributed by atoms with Crippen molar-refractivity contribution in [3.63, 3.8) is 0 Å². The van der Waals surface area contributed by atoms with Crippen molar-refractivity contribution in [2.75, 3.05) is 7.11 Å². The first-order chi connectivity index (χ1) is 13.6. The number of thiazole rings is 1. The summed E-state index contributed by atoms with van der Waals surface area (Å²) in [5, 5.41) is 21.1. The fraction of sp³-hybridized carbons (Fsp3) is 0.150. The van der Waals surface area contributed by atoms with E-state index in [0.717, 1.165) is 27.0 Å². The van der Waals surface area contributed by atoms with E-state index in [1.54, 1.807) is 7.11 Å². The number of aromatic nitrogens is 3. The predicted octanol–water partition coefficient (Wildman–Crippen LogP) is 5.15. The highest BCUT2D eigenvalue weighted by molar-refractivity contribution is 7.99. The molecule has 0 aliphatic rings. The van der Waals surface area contributed by atoms with Gasteiger partial charge < -0.3 is 14.8 Å². The third kappa shape index (κ3) is 3.42. The average Bonchev–Trinajstić information content (AvgIpc) is 3.30. The molecule has 1 unspecified atom stereocenters. The monoisotopic (exact) mass is 408 g/mol. The Morgan fingerprint density at radius 3 is 2.82 bits per heavy atom. The molecule has 28 heavy (non-hydrogen) atoms. The molecule has 0 saturated carbocycles. The molecule has 0 fully saturated rings. The average molecular weight is 409 g/mol. The van der Waals surface area contributed by atoms with Gasteiger partial charge in [-0.3, -0.25) is 0 Å². The maximum absolute atomic E-state index is 10.7. The van der Waals surface area contributed by atoms with Crippen LogP contribution in [0.25, 0.3) is 26.8 Å². The van der Waals surface area contributed by atoms with Crippen molar-refractivity contribution in [3.8, 4) is 11.8 Å². The number of benzene rings is 2. The number of nitriles is 1. The van der Waals surface area contributed by atoms with Crippen LogP contribution in [0.4, 0.5) is 0 Å². The minimum atomic E-state index is -0.371. The molecule has 2 heterocycles. The Hall–Kier alpha value is -3.02. The molecule has 2 aromatic carbocycles. The summed E-state index contributed by atoms with van der Waals surface area (Å²) in [5.41, 5.74) is 2.67. The molecule has 0 amide bonds. The van der Waals surface area contributed by atoms with Crippen LogP contribution in [0.15, 0.2) is 53.4 Å². The van der Waals surface area contributed by atoms with Crippen LogP contribution >= 0.6 is 23.1 Å². The van der Waals surface area contributed by atoms with Gasteiger partial charge in [-0.1, -0.05) is 23.9 Å². The van der Waals surface area contributed by atoms with Crippen LogP contribution in [0.2, 0.25) is 0 Å². The number of fused-ring (bicyclic) bond motifs is 2. The first-order valence-electron chi connectivity index (χ1n) is 8.48. The molecule has 0 bridgehead atoms. The summed E-state index contributed by atoms with van der Waals surface area (Å²) >= 11 is 2.74. The SMILES string of the molecule is COc1ccc2nc(SC(C)/C(O)=C(\C#N)c3nc4ccccc4s3)[nH]c2c1. The molecular weight excluding hydrogens is 392 g/mol. The second kappa shape index (κ2) is 7.54. The van der Waals surface area contributed by atoms with Crippen molar-refractivity contribution in [1.29, 1.82) is 5.26 Å². The van der Waals surface area contributed by atoms with Crippen LogP contribution in [-0.2, 0) is 0 Å². The molecule has 6 nitrogen and oxygen atoms in total. The number of rotatable bonds is 5. The van der Waals surface area contributed by atoms with Crippen LogP contribution in [0.1, 0.15) is 11.9 Å². The minimum absolute atomic E-state index is 0.00964. The van der Waals surface area contributed by atoms with Gasteiger partial charge >= 0.3 is 0 Å². The third-order valence-electron chi connectivity index (χ3n) is 4.22. The summed E-state index contributed by atoms with van der Waals surface area (Å²) < 4.78 is 6.20. The summed E-state index contributed by atoms with van der Waals surface area (Å²) in [6, 6.07) is 15.4. The van der Waals surface area contributed by atoms with Gasteiger partial charge in [-0.25, -0.2) is 9.97 Å². The van der Waals surface area contributed by atoms with Crippen LogP contribution in [0.3, 0.4) is 0 Å². The molecule has 0 spiro atoms. The lowest BCUT2D eigenvalue weighted by atomic mass is 10.2. The highest BCUT2D eigenvalue weighted by Crippen LogP contribution is 2.33. The largest absolute Gasteiger partial charge is 0.510 e. The van der Waals surface area contributed by atoms with E-state index >= 15 is 0 Å². The Morgan fingerprint density at radius 2 is 2.07 bits per heavy atom.